The van der Waals surface area contributed by atoms with Crippen molar-refractivity contribution >= 4 is 35.0 Å². The maximum absolute atomic E-state index is 13.1. The number of thioether (sulfide) groups is 1. The fraction of sp³-hybridized carbons (Fsp3) is 0.217. The van der Waals surface area contributed by atoms with Crippen molar-refractivity contribution in [3.8, 4) is 0 Å². The topological polar surface area (TPSA) is 62.6 Å². The number of furan rings is 1. The molecule has 0 fully saturated rings. The second-order valence-corrected chi connectivity index (χ2v) is 8.44. The first-order valence-electron chi connectivity index (χ1n) is 9.47. The molecule has 0 unspecified atom stereocenters. The number of aryl methyl sites for hydroxylation is 2. The first-order valence-corrected chi connectivity index (χ1v) is 10.3. The maximum atomic E-state index is 13.1. The van der Waals surface area contributed by atoms with Crippen LogP contribution < -0.4 is 10.2 Å². The van der Waals surface area contributed by atoms with Gasteiger partial charge in [-0.15, -0.1) is 11.8 Å². The Hall–Kier alpha value is -2.99. The van der Waals surface area contributed by atoms with Gasteiger partial charge in [-0.25, -0.2) is 0 Å². The number of carbonyl (C=O) groups excluding carboxylic acids is 2. The summed E-state index contributed by atoms with van der Waals surface area (Å²) in [6, 6.07) is 17.3. The van der Waals surface area contributed by atoms with Gasteiger partial charge in [0.1, 0.15) is 12.3 Å². The number of amides is 2. The summed E-state index contributed by atoms with van der Waals surface area (Å²) in [6.07, 6.45) is 1.88. The van der Waals surface area contributed by atoms with E-state index < -0.39 is 0 Å². The van der Waals surface area contributed by atoms with Gasteiger partial charge in [0, 0.05) is 17.0 Å². The summed E-state index contributed by atoms with van der Waals surface area (Å²) in [5.41, 5.74) is 3.65. The van der Waals surface area contributed by atoms with Crippen molar-refractivity contribution in [1.29, 1.82) is 0 Å². The van der Waals surface area contributed by atoms with E-state index in [1.165, 1.54) is 0 Å². The molecule has 2 aromatic carbocycles. The van der Waals surface area contributed by atoms with Crippen LogP contribution in [0.2, 0.25) is 0 Å². The SMILES string of the molecule is Cc1cc(C)cc(NC(=O)CN2C(=O)C[C@H](c3ccco3)Sc3ccccc32)c1. The molecule has 1 N–H and O–H groups in total. The van der Waals surface area contributed by atoms with Crippen LogP contribution >= 0.6 is 11.8 Å². The molecule has 3 aromatic rings. The molecule has 0 spiro atoms. The number of fused-ring (bicyclic) bond motifs is 1. The highest BCUT2D eigenvalue weighted by atomic mass is 32.2. The number of para-hydroxylation sites is 1. The zero-order valence-corrected chi connectivity index (χ0v) is 17.2. The molecule has 0 saturated heterocycles. The van der Waals surface area contributed by atoms with Crippen LogP contribution in [-0.2, 0) is 9.59 Å². The molecular formula is C23H22N2O3S. The lowest BCUT2D eigenvalue weighted by Crippen LogP contribution is -2.38. The third-order valence-corrected chi connectivity index (χ3v) is 6.04. The van der Waals surface area contributed by atoms with Gasteiger partial charge in [-0.2, -0.15) is 0 Å². The van der Waals surface area contributed by atoms with Gasteiger partial charge in [-0.1, -0.05) is 18.2 Å². The van der Waals surface area contributed by atoms with Crippen molar-refractivity contribution in [3.05, 3.63) is 77.7 Å². The van der Waals surface area contributed by atoms with Gasteiger partial charge in [-0.05, 0) is 61.4 Å². The second-order valence-electron chi connectivity index (χ2n) is 7.20. The van der Waals surface area contributed by atoms with Gasteiger partial charge in [0.2, 0.25) is 11.8 Å². The van der Waals surface area contributed by atoms with E-state index in [0.717, 1.165) is 33.2 Å². The van der Waals surface area contributed by atoms with E-state index in [4.69, 9.17) is 4.42 Å². The molecule has 4 rings (SSSR count). The van der Waals surface area contributed by atoms with Crippen molar-refractivity contribution in [2.24, 2.45) is 0 Å². The fourth-order valence-corrected chi connectivity index (χ4v) is 4.81. The van der Waals surface area contributed by atoms with Crippen LogP contribution in [0.1, 0.15) is 28.6 Å². The molecule has 148 valence electrons. The van der Waals surface area contributed by atoms with Crippen LogP contribution in [0.3, 0.4) is 0 Å². The molecule has 1 aliphatic rings. The van der Waals surface area contributed by atoms with Crippen LogP contribution in [0.4, 0.5) is 11.4 Å². The van der Waals surface area contributed by atoms with E-state index in [1.807, 2.05) is 62.4 Å². The van der Waals surface area contributed by atoms with Crippen LogP contribution in [0.25, 0.3) is 0 Å². The third kappa shape index (κ3) is 4.38. The quantitative estimate of drug-likeness (QED) is 0.654. The Morgan fingerprint density at radius 1 is 1.14 bits per heavy atom. The number of nitrogens with zero attached hydrogens (tertiary/aromatic N) is 1. The first kappa shape index (κ1) is 19.3. The molecule has 1 aliphatic heterocycles. The smallest absolute Gasteiger partial charge is 0.244 e. The number of anilines is 2. The molecule has 5 nitrogen and oxygen atoms in total. The minimum Gasteiger partial charge on any atom is -0.468 e. The van der Waals surface area contributed by atoms with Gasteiger partial charge in [-0.3, -0.25) is 9.59 Å². The van der Waals surface area contributed by atoms with Crippen molar-refractivity contribution in [2.45, 2.75) is 30.4 Å². The van der Waals surface area contributed by atoms with Crippen molar-refractivity contribution in [2.75, 3.05) is 16.8 Å². The van der Waals surface area contributed by atoms with Crippen molar-refractivity contribution < 1.29 is 14.0 Å². The average Bonchev–Trinajstić information content (AvgIpc) is 3.16. The Labute approximate surface area is 174 Å². The zero-order chi connectivity index (χ0) is 20.4. The van der Waals surface area contributed by atoms with Gasteiger partial charge in [0.15, 0.2) is 0 Å². The lowest BCUT2D eigenvalue weighted by atomic mass is 10.1. The van der Waals surface area contributed by atoms with E-state index in [2.05, 4.69) is 11.4 Å². The van der Waals surface area contributed by atoms with Crippen LogP contribution in [-0.4, -0.2) is 18.4 Å². The lowest BCUT2D eigenvalue weighted by Gasteiger charge is -2.22. The van der Waals surface area contributed by atoms with Gasteiger partial charge < -0.3 is 14.6 Å². The van der Waals surface area contributed by atoms with Crippen molar-refractivity contribution in [1.82, 2.24) is 0 Å². The summed E-state index contributed by atoms with van der Waals surface area (Å²) in [4.78, 5) is 28.4. The second kappa shape index (κ2) is 8.17. The summed E-state index contributed by atoms with van der Waals surface area (Å²) in [6.45, 7) is 3.95. The molecule has 0 bridgehead atoms. The minimum atomic E-state index is -0.223. The van der Waals surface area contributed by atoms with E-state index in [-0.39, 0.29) is 30.0 Å². The average molecular weight is 407 g/mol. The number of nitrogens with one attached hydrogen (secondary N) is 1. The van der Waals surface area contributed by atoms with Gasteiger partial charge in [0.25, 0.3) is 0 Å². The monoisotopic (exact) mass is 406 g/mol. The third-order valence-electron chi connectivity index (χ3n) is 4.75. The number of rotatable bonds is 4. The standard InChI is InChI=1S/C23H22N2O3S/c1-15-10-16(2)12-17(11-15)24-22(26)14-25-18-6-3-4-8-20(18)29-21(13-23(25)27)19-7-5-9-28-19/h3-12,21H,13-14H2,1-2H3,(H,24,26)/t21-/m1/s1. The normalized spacial score (nSPS) is 16.3. The molecule has 0 radical (unpaired) electrons. The Balaban J connectivity index is 1.57. The highest BCUT2D eigenvalue weighted by Gasteiger charge is 2.31. The summed E-state index contributed by atoms with van der Waals surface area (Å²) in [7, 11) is 0. The Morgan fingerprint density at radius 3 is 2.62 bits per heavy atom. The zero-order valence-electron chi connectivity index (χ0n) is 16.3. The van der Waals surface area contributed by atoms with E-state index in [0.29, 0.717) is 0 Å². The summed E-state index contributed by atoms with van der Waals surface area (Å²) < 4.78 is 5.54. The number of carbonyl (C=O) groups is 2. The molecule has 29 heavy (non-hydrogen) atoms. The highest BCUT2D eigenvalue weighted by molar-refractivity contribution is 7.99. The maximum Gasteiger partial charge on any atom is 0.244 e. The van der Waals surface area contributed by atoms with Gasteiger partial charge in [0.05, 0.1) is 17.2 Å². The minimum absolute atomic E-state index is 0.0335. The predicted octanol–water partition coefficient (Wildman–Crippen LogP) is 5.11. The van der Waals surface area contributed by atoms with E-state index in [1.54, 1.807) is 22.9 Å². The van der Waals surface area contributed by atoms with Crippen LogP contribution in [0.15, 0.2) is 70.2 Å². The summed E-state index contributed by atoms with van der Waals surface area (Å²) >= 11 is 1.59. The van der Waals surface area contributed by atoms with Gasteiger partial charge >= 0.3 is 0 Å². The van der Waals surface area contributed by atoms with E-state index in [9.17, 15) is 9.59 Å². The molecule has 1 aromatic heterocycles. The van der Waals surface area contributed by atoms with Crippen molar-refractivity contribution in [3.63, 3.8) is 0 Å². The first-order chi connectivity index (χ1) is 14.0. The molecule has 6 heteroatoms. The Bertz CT molecular complexity index is 1030. The largest absolute Gasteiger partial charge is 0.468 e. The number of benzene rings is 2. The predicted molar refractivity (Wildman–Crippen MR) is 115 cm³/mol. The summed E-state index contributed by atoms with van der Waals surface area (Å²) in [5, 5.41) is 2.80. The van der Waals surface area contributed by atoms with Crippen LogP contribution in [0, 0.1) is 13.8 Å². The number of hydrogen-bond donors (Lipinski definition) is 1. The Kier molecular flexibility index (Phi) is 5.45. The molecule has 1 atom stereocenters. The van der Waals surface area contributed by atoms with E-state index >= 15 is 0 Å². The molecule has 2 heterocycles. The highest BCUT2D eigenvalue weighted by Crippen LogP contribution is 2.45. The van der Waals surface area contributed by atoms with Crippen LogP contribution in [0.5, 0.6) is 0 Å². The summed E-state index contributed by atoms with van der Waals surface area (Å²) in [5.74, 6) is 0.443. The molecule has 0 aliphatic carbocycles. The lowest BCUT2D eigenvalue weighted by molar-refractivity contribution is -0.121. The molecular weight excluding hydrogens is 384 g/mol. The Morgan fingerprint density at radius 2 is 1.90 bits per heavy atom. The fourth-order valence-electron chi connectivity index (χ4n) is 3.58. The molecule has 0 saturated carbocycles. The molecule has 2 amide bonds. The number of hydrogen-bond acceptors (Lipinski definition) is 4.